The van der Waals surface area contributed by atoms with Crippen molar-refractivity contribution in [1.82, 2.24) is 4.90 Å². The van der Waals surface area contributed by atoms with E-state index in [1.165, 1.54) is 18.1 Å². The van der Waals surface area contributed by atoms with Gasteiger partial charge >= 0.3 is 5.97 Å². The van der Waals surface area contributed by atoms with Crippen LogP contribution in [0.3, 0.4) is 0 Å². The van der Waals surface area contributed by atoms with Crippen molar-refractivity contribution in [2.24, 2.45) is 5.92 Å². The second-order valence-electron chi connectivity index (χ2n) is 6.47. The van der Waals surface area contributed by atoms with E-state index in [-0.39, 0.29) is 24.1 Å². The molecular formula is C18H24ClNO6. The molecule has 1 amide bonds. The summed E-state index contributed by atoms with van der Waals surface area (Å²) in [6.45, 7) is 5.15. The van der Waals surface area contributed by atoms with Crippen molar-refractivity contribution in [3.05, 3.63) is 22.7 Å². The Hall–Kier alpha value is -1.99. The zero-order valence-electron chi connectivity index (χ0n) is 15.2. The summed E-state index contributed by atoms with van der Waals surface area (Å²) in [7, 11) is 1.48. The smallest absolute Gasteiger partial charge is 0.334 e. The van der Waals surface area contributed by atoms with Gasteiger partial charge in [-0.05, 0) is 24.5 Å². The summed E-state index contributed by atoms with van der Waals surface area (Å²) >= 11 is 6.30. The molecule has 1 fully saturated rings. The maximum Gasteiger partial charge on any atom is 0.334 e. The van der Waals surface area contributed by atoms with Crippen LogP contribution in [0.15, 0.2) is 12.1 Å². The van der Waals surface area contributed by atoms with Crippen LogP contribution in [0.5, 0.6) is 11.5 Å². The molecule has 0 bridgehead atoms. The van der Waals surface area contributed by atoms with Crippen molar-refractivity contribution in [2.75, 3.05) is 33.4 Å². The van der Waals surface area contributed by atoms with Gasteiger partial charge in [0.05, 0.1) is 31.9 Å². The number of benzene rings is 1. The molecule has 0 unspecified atom stereocenters. The molecule has 26 heavy (non-hydrogen) atoms. The lowest BCUT2D eigenvalue weighted by Gasteiger charge is -2.31. The summed E-state index contributed by atoms with van der Waals surface area (Å²) in [5, 5.41) is 9.35. The van der Waals surface area contributed by atoms with Gasteiger partial charge in [0.25, 0.3) is 5.91 Å². The van der Waals surface area contributed by atoms with Gasteiger partial charge in [-0.2, -0.15) is 0 Å². The number of halogens is 1. The molecule has 0 spiro atoms. The van der Waals surface area contributed by atoms with Crippen LogP contribution in [-0.4, -0.2) is 61.4 Å². The number of morpholine rings is 1. The number of carbonyl (C=O) groups is 2. The van der Waals surface area contributed by atoms with Crippen molar-refractivity contribution >= 4 is 23.5 Å². The Balaban J connectivity index is 2.17. The number of aliphatic carboxylic acids is 1. The number of hydrogen-bond acceptors (Lipinski definition) is 5. The lowest BCUT2D eigenvalue weighted by Crippen LogP contribution is -2.48. The van der Waals surface area contributed by atoms with Gasteiger partial charge in [-0.15, -0.1) is 0 Å². The van der Waals surface area contributed by atoms with Crippen LogP contribution in [0.4, 0.5) is 0 Å². The molecule has 1 aliphatic heterocycles. The zero-order valence-corrected chi connectivity index (χ0v) is 15.9. The van der Waals surface area contributed by atoms with Crippen molar-refractivity contribution < 1.29 is 28.9 Å². The highest BCUT2D eigenvalue weighted by molar-refractivity contribution is 6.32. The number of rotatable bonds is 7. The fourth-order valence-electron chi connectivity index (χ4n) is 2.55. The Bertz CT molecular complexity index is 663. The minimum absolute atomic E-state index is 0.0132. The predicted molar refractivity (Wildman–Crippen MR) is 96.2 cm³/mol. The van der Waals surface area contributed by atoms with Crippen molar-refractivity contribution in [3.8, 4) is 11.5 Å². The maximum absolute atomic E-state index is 12.7. The zero-order chi connectivity index (χ0) is 19.3. The predicted octanol–water partition coefficient (Wildman–Crippen LogP) is 2.70. The first kappa shape index (κ1) is 20.3. The highest BCUT2D eigenvalue weighted by atomic mass is 35.5. The molecular weight excluding hydrogens is 362 g/mol. The van der Waals surface area contributed by atoms with Crippen molar-refractivity contribution in [2.45, 2.75) is 26.4 Å². The number of carboxylic acids is 1. The first-order valence-corrected chi connectivity index (χ1v) is 8.85. The number of amides is 1. The highest BCUT2D eigenvalue weighted by Crippen LogP contribution is 2.37. The molecule has 0 aliphatic carbocycles. The summed E-state index contributed by atoms with van der Waals surface area (Å²) in [5.74, 6) is -0.158. The second kappa shape index (κ2) is 9.09. The van der Waals surface area contributed by atoms with Gasteiger partial charge in [-0.25, -0.2) is 4.79 Å². The molecule has 2 rings (SSSR count). The quantitative estimate of drug-likeness (QED) is 0.776. The van der Waals surface area contributed by atoms with Crippen molar-refractivity contribution in [3.63, 3.8) is 0 Å². The van der Waals surface area contributed by atoms with E-state index in [1.807, 2.05) is 0 Å². The van der Waals surface area contributed by atoms with Gasteiger partial charge in [0, 0.05) is 12.1 Å². The largest absolute Gasteiger partial charge is 0.493 e. The number of methoxy groups -OCH3 is 1. The van der Waals surface area contributed by atoms with Crippen LogP contribution in [0, 0.1) is 5.92 Å². The first-order valence-electron chi connectivity index (χ1n) is 8.47. The Morgan fingerprint density at radius 3 is 2.77 bits per heavy atom. The van der Waals surface area contributed by atoms with Crippen LogP contribution < -0.4 is 9.47 Å². The third-order valence-corrected chi connectivity index (χ3v) is 4.33. The van der Waals surface area contributed by atoms with Gasteiger partial charge in [-0.3, -0.25) is 4.79 Å². The van der Waals surface area contributed by atoms with E-state index < -0.39 is 12.1 Å². The number of nitrogens with zero attached hydrogens (tertiary/aromatic N) is 1. The summed E-state index contributed by atoms with van der Waals surface area (Å²) in [5.41, 5.74) is 0.314. The second-order valence-corrected chi connectivity index (χ2v) is 6.88. The average molecular weight is 386 g/mol. The van der Waals surface area contributed by atoms with Gasteiger partial charge < -0.3 is 24.2 Å². The summed E-state index contributed by atoms with van der Waals surface area (Å²) in [6, 6.07) is 3.08. The molecule has 0 radical (unpaired) electrons. The van der Waals surface area contributed by atoms with Gasteiger partial charge in [0.2, 0.25) is 0 Å². The van der Waals surface area contributed by atoms with Crippen LogP contribution >= 0.6 is 11.6 Å². The molecule has 1 N–H and O–H groups in total. The minimum Gasteiger partial charge on any atom is -0.493 e. The SMILES string of the molecule is COc1cc(C(=O)N2CCO[C@H](C(=O)O)C2)cc(Cl)c1OCCC(C)C. The van der Waals surface area contributed by atoms with Gasteiger partial charge in [0.15, 0.2) is 17.6 Å². The Labute approximate surface area is 157 Å². The fraction of sp³-hybridized carbons (Fsp3) is 0.556. The van der Waals surface area contributed by atoms with Gasteiger partial charge in [0.1, 0.15) is 0 Å². The number of carboxylic acid groups (broad SMARTS) is 1. The third-order valence-electron chi connectivity index (χ3n) is 4.05. The fourth-order valence-corrected chi connectivity index (χ4v) is 2.81. The van der Waals surface area contributed by atoms with Crippen LogP contribution in [0.25, 0.3) is 0 Å². The summed E-state index contributed by atoms with van der Waals surface area (Å²) < 4.78 is 16.2. The monoisotopic (exact) mass is 385 g/mol. The summed E-state index contributed by atoms with van der Waals surface area (Å²) in [4.78, 5) is 25.2. The first-order chi connectivity index (χ1) is 12.3. The van der Waals surface area contributed by atoms with Crippen LogP contribution in [-0.2, 0) is 9.53 Å². The molecule has 144 valence electrons. The molecule has 1 aromatic rings. The molecule has 7 nitrogen and oxygen atoms in total. The minimum atomic E-state index is -1.09. The molecule has 0 saturated carbocycles. The summed E-state index contributed by atoms with van der Waals surface area (Å²) in [6.07, 6.45) is -0.159. The lowest BCUT2D eigenvalue weighted by atomic mass is 10.1. The number of ether oxygens (including phenoxy) is 3. The third kappa shape index (κ3) is 5.02. The van der Waals surface area contributed by atoms with E-state index in [0.717, 1.165) is 6.42 Å². The molecule has 1 atom stereocenters. The standard InChI is InChI=1S/C18H24ClNO6/c1-11(2)4-6-26-16-13(19)8-12(9-14(16)24-3)17(21)20-5-7-25-15(10-20)18(22)23/h8-9,11,15H,4-7,10H2,1-3H3,(H,22,23)/t15-/m0/s1. The van der Waals surface area contributed by atoms with E-state index in [2.05, 4.69) is 13.8 Å². The highest BCUT2D eigenvalue weighted by Gasteiger charge is 2.30. The molecule has 8 heteroatoms. The van der Waals surface area contributed by atoms with E-state index in [1.54, 1.807) is 6.07 Å². The molecule has 1 aromatic carbocycles. The van der Waals surface area contributed by atoms with Gasteiger partial charge in [-0.1, -0.05) is 25.4 Å². The molecule has 0 aromatic heterocycles. The van der Waals surface area contributed by atoms with E-state index in [0.29, 0.717) is 36.1 Å². The molecule has 1 aliphatic rings. The molecule has 1 saturated heterocycles. The van der Waals surface area contributed by atoms with E-state index in [9.17, 15) is 9.59 Å². The Morgan fingerprint density at radius 1 is 1.42 bits per heavy atom. The Kier molecular flexibility index (Phi) is 7.11. The molecule has 1 heterocycles. The average Bonchev–Trinajstić information content (AvgIpc) is 2.61. The van der Waals surface area contributed by atoms with Crippen molar-refractivity contribution in [1.29, 1.82) is 0 Å². The number of hydrogen-bond donors (Lipinski definition) is 1. The van der Waals surface area contributed by atoms with Crippen LogP contribution in [0.2, 0.25) is 5.02 Å². The topological polar surface area (TPSA) is 85.3 Å². The lowest BCUT2D eigenvalue weighted by molar-refractivity contribution is -0.154. The van der Waals surface area contributed by atoms with E-state index >= 15 is 0 Å². The maximum atomic E-state index is 12.7. The van der Waals surface area contributed by atoms with E-state index in [4.69, 9.17) is 30.9 Å². The van der Waals surface area contributed by atoms with Crippen LogP contribution in [0.1, 0.15) is 30.6 Å². The Morgan fingerprint density at radius 2 is 2.15 bits per heavy atom. The number of carbonyl (C=O) groups excluding carboxylic acids is 1. The normalized spacial score (nSPS) is 17.3.